The molecule has 1 saturated carbocycles. The van der Waals surface area contributed by atoms with E-state index in [4.69, 9.17) is 5.73 Å². The Morgan fingerprint density at radius 2 is 1.73 bits per heavy atom. The van der Waals surface area contributed by atoms with Crippen LogP contribution >= 0.6 is 12.4 Å². The molecule has 1 aromatic rings. The lowest BCUT2D eigenvalue weighted by Gasteiger charge is -2.31. The molecular weight excluding hydrogens is 358 g/mol. The molecule has 1 aliphatic carbocycles. The lowest BCUT2D eigenvalue weighted by atomic mass is 9.82. The Kier molecular flexibility index (Phi) is 8.54. The maximum absolute atomic E-state index is 12.4. The van der Waals surface area contributed by atoms with E-state index in [-0.39, 0.29) is 43.2 Å². The number of hydrogen-bond donors (Lipinski definition) is 3. The largest absolute Gasteiger partial charge is 0.469 e. The number of esters is 1. The Balaban J connectivity index is 0.00000338. The predicted molar refractivity (Wildman–Crippen MR) is 101 cm³/mol. The van der Waals surface area contributed by atoms with Crippen molar-refractivity contribution in [1.29, 1.82) is 0 Å². The van der Waals surface area contributed by atoms with Crippen molar-refractivity contribution in [2.45, 2.75) is 44.1 Å². The van der Waals surface area contributed by atoms with E-state index in [1.54, 1.807) is 24.3 Å². The summed E-state index contributed by atoms with van der Waals surface area (Å²) in [5.74, 6) is -0.844. The SMILES string of the molecule is COC(=O)CCNC(=O)c1ccc(NC(=O)C2(N)CCCCC2)cc1.Cl. The van der Waals surface area contributed by atoms with Gasteiger partial charge < -0.3 is 21.1 Å². The van der Waals surface area contributed by atoms with E-state index < -0.39 is 5.54 Å². The standard InChI is InChI=1S/C18H25N3O4.ClH/c1-25-15(22)9-12-20-16(23)13-5-7-14(8-6-13)21-17(24)18(19)10-3-2-4-11-18;/h5-8H,2-4,9-12,19H2,1H3,(H,20,23)(H,21,24);1H. The molecule has 7 nitrogen and oxygen atoms in total. The monoisotopic (exact) mass is 383 g/mol. The molecule has 0 aliphatic heterocycles. The Morgan fingerprint density at radius 1 is 1.12 bits per heavy atom. The zero-order chi connectivity index (χ0) is 18.3. The fraction of sp³-hybridized carbons (Fsp3) is 0.500. The first-order valence-electron chi connectivity index (χ1n) is 8.50. The Bertz CT molecular complexity index is 628. The molecule has 0 bridgehead atoms. The molecule has 4 N–H and O–H groups in total. The van der Waals surface area contributed by atoms with Gasteiger partial charge in [-0.1, -0.05) is 19.3 Å². The van der Waals surface area contributed by atoms with Gasteiger partial charge in [0.2, 0.25) is 5.91 Å². The van der Waals surface area contributed by atoms with Crippen LogP contribution in [0.15, 0.2) is 24.3 Å². The highest BCUT2D eigenvalue weighted by atomic mass is 35.5. The lowest BCUT2D eigenvalue weighted by molar-refractivity contribution is -0.140. The zero-order valence-electron chi connectivity index (χ0n) is 14.9. The number of halogens is 1. The number of methoxy groups -OCH3 is 1. The normalized spacial score (nSPS) is 15.3. The van der Waals surface area contributed by atoms with Crippen molar-refractivity contribution < 1.29 is 19.1 Å². The number of carbonyl (C=O) groups excluding carboxylic acids is 3. The molecule has 0 heterocycles. The first-order chi connectivity index (χ1) is 11.9. The van der Waals surface area contributed by atoms with Gasteiger partial charge in [0.05, 0.1) is 19.1 Å². The van der Waals surface area contributed by atoms with Crippen LogP contribution in [0.25, 0.3) is 0 Å². The van der Waals surface area contributed by atoms with Crippen LogP contribution in [0.2, 0.25) is 0 Å². The average molecular weight is 384 g/mol. The molecule has 144 valence electrons. The van der Waals surface area contributed by atoms with Crippen molar-refractivity contribution in [3.8, 4) is 0 Å². The number of hydrogen-bond acceptors (Lipinski definition) is 5. The number of carbonyl (C=O) groups is 3. The second-order valence-electron chi connectivity index (χ2n) is 6.33. The average Bonchev–Trinajstić information content (AvgIpc) is 2.62. The highest BCUT2D eigenvalue weighted by Gasteiger charge is 2.35. The van der Waals surface area contributed by atoms with Crippen LogP contribution in [0.3, 0.4) is 0 Å². The minimum atomic E-state index is -0.803. The van der Waals surface area contributed by atoms with Crippen molar-refractivity contribution in [1.82, 2.24) is 5.32 Å². The van der Waals surface area contributed by atoms with Crippen molar-refractivity contribution >= 4 is 35.9 Å². The second kappa shape index (κ2) is 10.1. The van der Waals surface area contributed by atoms with Crippen LogP contribution in [-0.4, -0.2) is 37.0 Å². The van der Waals surface area contributed by atoms with Gasteiger partial charge in [-0.2, -0.15) is 0 Å². The number of benzene rings is 1. The van der Waals surface area contributed by atoms with Crippen molar-refractivity contribution in [3.05, 3.63) is 29.8 Å². The molecular formula is C18H26ClN3O4. The molecule has 1 aliphatic rings. The zero-order valence-corrected chi connectivity index (χ0v) is 15.7. The van der Waals surface area contributed by atoms with Crippen LogP contribution in [0.5, 0.6) is 0 Å². The van der Waals surface area contributed by atoms with E-state index in [1.807, 2.05) is 0 Å². The highest BCUT2D eigenvalue weighted by Crippen LogP contribution is 2.27. The van der Waals surface area contributed by atoms with E-state index in [1.165, 1.54) is 7.11 Å². The van der Waals surface area contributed by atoms with Gasteiger partial charge in [0.1, 0.15) is 0 Å². The minimum Gasteiger partial charge on any atom is -0.469 e. The van der Waals surface area contributed by atoms with E-state index in [0.717, 1.165) is 19.3 Å². The molecule has 8 heteroatoms. The van der Waals surface area contributed by atoms with Crippen LogP contribution in [-0.2, 0) is 14.3 Å². The van der Waals surface area contributed by atoms with Gasteiger partial charge >= 0.3 is 5.97 Å². The van der Waals surface area contributed by atoms with Crippen molar-refractivity contribution in [2.75, 3.05) is 19.0 Å². The third-order valence-electron chi connectivity index (χ3n) is 4.45. The van der Waals surface area contributed by atoms with Gasteiger partial charge in [0.25, 0.3) is 5.91 Å². The fourth-order valence-corrected chi connectivity index (χ4v) is 2.85. The summed E-state index contributed by atoms with van der Waals surface area (Å²) in [6.45, 7) is 0.208. The summed E-state index contributed by atoms with van der Waals surface area (Å²) < 4.78 is 4.51. The first kappa shape index (κ1) is 21.9. The molecule has 1 aromatic carbocycles. The quantitative estimate of drug-likeness (QED) is 0.651. The van der Waals surface area contributed by atoms with Crippen LogP contribution in [0, 0.1) is 0 Å². The maximum Gasteiger partial charge on any atom is 0.307 e. The van der Waals surface area contributed by atoms with Gasteiger partial charge in [-0.05, 0) is 37.1 Å². The summed E-state index contributed by atoms with van der Waals surface area (Å²) in [5, 5.41) is 5.46. The van der Waals surface area contributed by atoms with Crippen molar-refractivity contribution in [3.63, 3.8) is 0 Å². The first-order valence-corrected chi connectivity index (χ1v) is 8.50. The number of nitrogens with two attached hydrogens (primary N) is 1. The van der Waals surface area contributed by atoms with Crippen LogP contribution in [0.1, 0.15) is 48.9 Å². The van der Waals surface area contributed by atoms with Crippen molar-refractivity contribution in [2.24, 2.45) is 5.73 Å². The molecule has 0 saturated heterocycles. The molecule has 0 spiro atoms. The molecule has 1 fully saturated rings. The smallest absolute Gasteiger partial charge is 0.307 e. The molecule has 26 heavy (non-hydrogen) atoms. The minimum absolute atomic E-state index is 0. The molecule has 0 atom stereocenters. The maximum atomic E-state index is 12.4. The second-order valence-corrected chi connectivity index (χ2v) is 6.33. The number of anilines is 1. The summed E-state index contributed by atoms with van der Waals surface area (Å²) >= 11 is 0. The van der Waals surface area contributed by atoms with E-state index in [0.29, 0.717) is 24.1 Å². The Hall–Kier alpha value is -2.12. The van der Waals surface area contributed by atoms with Crippen LogP contribution < -0.4 is 16.4 Å². The summed E-state index contributed by atoms with van der Waals surface area (Å²) in [6, 6.07) is 6.57. The highest BCUT2D eigenvalue weighted by molar-refractivity contribution is 5.99. The number of nitrogens with one attached hydrogen (secondary N) is 2. The van der Waals surface area contributed by atoms with E-state index in [2.05, 4.69) is 15.4 Å². The third-order valence-corrected chi connectivity index (χ3v) is 4.45. The Morgan fingerprint density at radius 3 is 2.31 bits per heavy atom. The third kappa shape index (κ3) is 6.00. The molecule has 0 radical (unpaired) electrons. The van der Waals surface area contributed by atoms with Crippen LogP contribution in [0.4, 0.5) is 5.69 Å². The van der Waals surface area contributed by atoms with Gasteiger partial charge in [-0.3, -0.25) is 14.4 Å². The molecule has 0 aromatic heterocycles. The predicted octanol–water partition coefficient (Wildman–Crippen LogP) is 2.00. The number of rotatable bonds is 6. The topological polar surface area (TPSA) is 111 Å². The summed E-state index contributed by atoms with van der Waals surface area (Å²) in [4.78, 5) is 35.4. The summed E-state index contributed by atoms with van der Waals surface area (Å²) in [5.41, 5.74) is 6.45. The van der Waals surface area contributed by atoms with Gasteiger partial charge in [0.15, 0.2) is 0 Å². The Labute approximate surface area is 159 Å². The summed E-state index contributed by atoms with van der Waals surface area (Å²) in [6.07, 6.45) is 4.56. The van der Waals surface area contributed by atoms with E-state index >= 15 is 0 Å². The summed E-state index contributed by atoms with van der Waals surface area (Å²) in [7, 11) is 1.30. The lowest BCUT2D eigenvalue weighted by Crippen LogP contribution is -2.52. The molecule has 2 rings (SSSR count). The number of ether oxygens (including phenoxy) is 1. The van der Waals surface area contributed by atoms with Gasteiger partial charge in [-0.25, -0.2) is 0 Å². The fourth-order valence-electron chi connectivity index (χ4n) is 2.85. The van der Waals surface area contributed by atoms with E-state index in [9.17, 15) is 14.4 Å². The molecule has 0 unspecified atom stereocenters. The molecule has 2 amide bonds. The van der Waals surface area contributed by atoms with Gasteiger partial charge in [-0.15, -0.1) is 12.4 Å². The van der Waals surface area contributed by atoms with Gasteiger partial charge in [0, 0.05) is 17.8 Å². The number of amides is 2.